The number of aryl methyl sites for hydroxylation is 1. The largest absolute Gasteiger partial charge is 0.369 e. The van der Waals surface area contributed by atoms with Gasteiger partial charge in [0.1, 0.15) is 6.04 Å². The molecule has 1 aliphatic heterocycles. The van der Waals surface area contributed by atoms with Gasteiger partial charge in [-0.05, 0) is 43.9 Å². The number of carbonyl (C=O) groups excluding carboxylic acids is 2. The molecule has 1 heterocycles. The molecule has 1 saturated heterocycles. The lowest BCUT2D eigenvalue weighted by molar-refractivity contribution is -0.135. The van der Waals surface area contributed by atoms with Gasteiger partial charge in [0.25, 0.3) is 0 Å². The number of hydrogen-bond donors (Lipinski definition) is 1. The number of hydrogen-bond acceptors (Lipinski definition) is 4. The van der Waals surface area contributed by atoms with Gasteiger partial charge in [0.15, 0.2) is 0 Å². The van der Waals surface area contributed by atoms with E-state index in [-0.39, 0.29) is 17.7 Å². The first-order chi connectivity index (χ1) is 12.6. The van der Waals surface area contributed by atoms with Crippen molar-refractivity contribution >= 4 is 39.1 Å². The Kier molecular flexibility index (Phi) is 6.75. The number of benzene rings is 1. The van der Waals surface area contributed by atoms with E-state index in [2.05, 4.69) is 0 Å². The summed E-state index contributed by atoms with van der Waals surface area (Å²) in [7, 11) is -3.71. The minimum absolute atomic E-state index is 0.240. The number of primary amides is 1. The molecular weight excluding hydrogens is 390 g/mol. The second kappa shape index (κ2) is 8.48. The van der Waals surface area contributed by atoms with E-state index in [0.717, 1.165) is 16.1 Å². The number of nitrogens with two attached hydrogens (primary N) is 1. The van der Waals surface area contributed by atoms with Gasteiger partial charge in [0.2, 0.25) is 21.8 Å². The van der Waals surface area contributed by atoms with Crippen molar-refractivity contribution in [1.29, 1.82) is 0 Å². The molecule has 0 saturated carbocycles. The summed E-state index contributed by atoms with van der Waals surface area (Å²) in [5, 5.41) is 0.436. The molecule has 0 bridgehead atoms. The zero-order valence-electron chi connectivity index (χ0n) is 15.8. The fraction of sp³-hybridized carbons (Fsp3) is 0.556. The van der Waals surface area contributed by atoms with Crippen molar-refractivity contribution in [3.8, 4) is 0 Å². The van der Waals surface area contributed by atoms with Crippen LogP contribution in [0.15, 0.2) is 18.2 Å². The maximum atomic E-state index is 13.1. The van der Waals surface area contributed by atoms with Gasteiger partial charge >= 0.3 is 0 Å². The Morgan fingerprint density at radius 1 is 1.33 bits per heavy atom. The molecule has 0 aliphatic carbocycles. The van der Waals surface area contributed by atoms with Crippen LogP contribution in [-0.2, 0) is 19.6 Å². The normalized spacial score (nSPS) is 16.8. The van der Waals surface area contributed by atoms with Crippen molar-refractivity contribution in [3.05, 3.63) is 28.8 Å². The Labute approximate surface area is 165 Å². The number of anilines is 1. The molecular formula is C18H26ClN3O4S. The molecule has 7 nitrogen and oxygen atoms in total. The molecule has 27 heavy (non-hydrogen) atoms. The Bertz CT molecular complexity index is 820. The fourth-order valence-electron chi connectivity index (χ4n) is 3.36. The number of amides is 2. The smallest absolute Gasteiger partial charge is 0.246 e. The number of carbonyl (C=O) groups is 2. The minimum Gasteiger partial charge on any atom is -0.369 e. The second-order valence-electron chi connectivity index (χ2n) is 6.92. The SMILES string of the molecule is CC[C@H](C(=O)N1CCC(C(N)=O)CC1)N(c1ccc(C)c(Cl)c1)S(C)(=O)=O. The molecule has 2 amide bonds. The first kappa shape index (κ1) is 21.5. The number of rotatable bonds is 6. The van der Waals surface area contributed by atoms with Gasteiger partial charge in [-0.25, -0.2) is 8.42 Å². The lowest BCUT2D eigenvalue weighted by Crippen LogP contribution is -2.53. The maximum absolute atomic E-state index is 13.1. The van der Waals surface area contributed by atoms with Gasteiger partial charge in [-0.15, -0.1) is 0 Å². The van der Waals surface area contributed by atoms with E-state index in [0.29, 0.717) is 43.1 Å². The highest BCUT2D eigenvalue weighted by atomic mass is 35.5. The van der Waals surface area contributed by atoms with Crippen LogP contribution in [0.5, 0.6) is 0 Å². The quantitative estimate of drug-likeness (QED) is 0.766. The molecule has 0 radical (unpaired) electrons. The number of sulfonamides is 1. The monoisotopic (exact) mass is 415 g/mol. The Morgan fingerprint density at radius 3 is 2.37 bits per heavy atom. The van der Waals surface area contributed by atoms with E-state index >= 15 is 0 Å². The molecule has 0 unspecified atom stereocenters. The topological polar surface area (TPSA) is 101 Å². The first-order valence-electron chi connectivity index (χ1n) is 8.90. The summed E-state index contributed by atoms with van der Waals surface area (Å²) >= 11 is 6.17. The van der Waals surface area contributed by atoms with Crippen molar-refractivity contribution in [3.63, 3.8) is 0 Å². The number of piperidine rings is 1. The molecule has 1 fully saturated rings. The first-order valence-corrected chi connectivity index (χ1v) is 11.1. The van der Waals surface area contributed by atoms with Crippen LogP contribution in [0, 0.1) is 12.8 Å². The molecule has 1 aromatic rings. The zero-order chi connectivity index (χ0) is 20.4. The van der Waals surface area contributed by atoms with Crippen LogP contribution >= 0.6 is 11.6 Å². The zero-order valence-corrected chi connectivity index (χ0v) is 17.4. The average Bonchev–Trinajstić information content (AvgIpc) is 2.60. The average molecular weight is 416 g/mol. The number of halogens is 1. The molecule has 9 heteroatoms. The van der Waals surface area contributed by atoms with Crippen LogP contribution in [0.25, 0.3) is 0 Å². The van der Waals surface area contributed by atoms with Gasteiger partial charge in [0, 0.05) is 24.0 Å². The van der Waals surface area contributed by atoms with Crippen molar-refractivity contribution in [2.75, 3.05) is 23.7 Å². The van der Waals surface area contributed by atoms with Gasteiger partial charge in [0.05, 0.1) is 11.9 Å². The fourth-order valence-corrected chi connectivity index (χ4v) is 4.73. The van der Waals surface area contributed by atoms with Crippen LogP contribution in [-0.4, -0.2) is 50.5 Å². The van der Waals surface area contributed by atoms with E-state index in [4.69, 9.17) is 17.3 Å². The lowest BCUT2D eigenvalue weighted by atomic mass is 9.95. The molecule has 1 aliphatic rings. The summed E-state index contributed by atoms with van der Waals surface area (Å²) in [5.74, 6) is -0.875. The van der Waals surface area contributed by atoms with Crippen molar-refractivity contribution in [2.45, 2.75) is 39.2 Å². The van der Waals surface area contributed by atoms with Crippen LogP contribution in [0.3, 0.4) is 0 Å². The van der Waals surface area contributed by atoms with Gasteiger partial charge in [-0.3, -0.25) is 13.9 Å². The third-order valence-electron chi connectivity index (χ3n) is 4.93. The summed E-state index contributed by atoms with van der Waals surface area (Å²) in [4.78, 5) is 26.0. The van der Waals surface area contributed by atoms with E-state index in [1.807, 2.05) is 6.92 Å². The maximum Gasteiger partial charge on any atom is 0.246 e. The van der Waals surface area contributed by atoms with Crippen LogP contribution < -0.4 is 10.0 Å². The lowest BCUT2D eigenvalue weighted by Gasteiger charge is -2.37. The molecule has 2 rings (SSSR count). The van der Waals surface area contributed by atoms with Crippen molar-refractivity contribution < 1.29 is 18.0 Å². The van der Waals surface area contributed by atoms with E-state index < -0.39 is 16.1 Å². The third-order valence-corrected chi connectivity index (χ3v) is 6.52. The van der Waals surface area contributed by atoms with Gasteiger partial charge in [-0.1, -0.05) is 24.6 Å². The summed E-state index contributed by atoms with van der Waals surface area (Å²) in [6.45, 7) is 4.36. The minimum atomic E-state index is -3.71. The summed E-state index contributed by atoms with van der Waals surface area (Å²) in [5.41, 5.74) is 6.52. The molecule has 150 valence electrons. The van der Waals surface area contributed by atoms with Gasteiger partial charge in [-0.2, -0.15) is 0 Å². The van der Waals surface area contributed by atoms with Crippen LogP contribution in [0.1, 0.15) is 31.7 Å². The van der Waals surface area contributed by atoms with E-state index in [1.165, 1.54) is 0 Å². The molecule has 2 N–H and O–H groups in total. The van der Waals surface area contributed by atoms with Crippen molar-refractivity contribution in [1.82, 2.24) is 4.90 Å². The summed E-state index contributed by atoms with van der Waals surface area (Å²) in [6, 6.07) is 4.07. The molecule has 0 aromatic heterocycles. The predicted octanol–water partition coefficient (Wildman–Crippen LogP) is 1.92. The highest BCUT2D eigenvalue weighted by Crippen LogP contribution is 2.29. The molecule has 1 aromatic carbocycles. The molecule has 0 spiro atoms. The Morgan fingerprint density at radius 2 is 1.93 bits per heavy atom. The predicted molar refractivity (Wildman–Crippen MR) is 106 cm³/mol. The van der Waals surface area contributed by atoms with E-state index in [1.54, 1.807) is 30.0 Å². The second-order valence-corrected chi connectivity index (χ2v) is 9.18. The summed E-state index contributed by atoms with van der Waals surface area (Å²) in [6.07, 6.45) is 2.38. The van der Waals surface area contributed by atoms with Crippen LogP contribution in [0.4, 0.5) is 5.69 Å². The van der Waals surface area contributed by atoms with E-state index in [9.17, 15) is 18.0 Å². The molecule has 1 atom stereocenters. The number of likely N-dealkylation sites (tertiary alicyclic amines) is 1. The highest BCUT2D eigenvalue weighted by Gasteiger charge is 2.36. The van der Waals surface area contributed by atoms with Crippen molar-refractivity contribution in [2.24, 2.45) is 11.7 Å². The van der Waals surface area contributed by atoms with Gasteiger partial charge < -0.3 is 10.6 Å². The third kappa shape index (κ3) is 4.93. The number of nitrogens with zero attached hydrogens (tertiary/aromatic N) is 2. The Balaban J connectivity index is 2.31. The standard InChI is InChI=1S/C18H26ClN3O4S/c1-4-16(18(24)21-9-7-13(8-10-21)17(20)23)22(27(3,25)26)14-6-5-12(2)15(19)11-14/h5-6,11,13,16H,4,7-10H2,1-3H3,(H2,20,23)/t16-/m1/s1. The van der Waals surface area contributed by atoms with Crippen LogP contribution in [0.2, 0.25) is 5.02 Å². The highest BCUT2D eigenvalue weighted by molar-refractivity contribution is 7.92. The Hall–Kier alpha value is -1.80. The summed E-state index contributed by atoms with van der Waals surface area (Å²) < 4.78 is 26.2.